The first-order valence-electron chi connectivity index (χ1n) is 7.63. The van der Waals surface area contributed by atoms with E-state index in [4.69, 9.17) is 10.5 Å². The van der Waals surface area contributed by atoms with Gasteiger partial charge in [0.05, 0.1) is 12.7 Å². The summed E-state index contributed by atoms with van der Waals surface area (Å²) in [5.74, 6) is 0. The summed E-state index contributed by atoms with van der Waals surface area (Å²) >= 11 is 0. The molecule has 2 unspecified atom stereocenters. The van der Waals surface area contributed by atoms with Gasteiger partial charge in [0.1, 0.15) is 0 Å². The summed E-state index contributed by atoms with van der Waals surface area (Å²) in [7, 11) is 0. The molecule has 0 heterocycles. The summed E-state index contributed by atoms with van der Waals surface area (Å²) in [6, 6.07) is 0.302. The maximum absolute atomic E-state index is 9.28. The summed E-state index contributed by atoms with van der Waals surface area (Å²) in [6.45, 7) is 17.0. The largest absolute Gasteiger partial charge is 2.00 e. The van der Waals surface area contributed by atoms with Gasteiger partial charge in [0.2, 0.25) is 0 Å². The number of nitrogens with two attached hydrogens (primary N) is 1. The van der Waals surface area contributed by atoms with Gasteiger partial charge in [-0.25, -0.2) is 19.1 Å². The van der Waals surface area contributed by atoms with E-state index in [0.29, 0.717) is 32.3 Å². The summed E-state index contributed by atoms with van der Waals surface area (Å²) in [5.41, 5.74) is 6.23. The van der Waals surface area contributed by atoms with Gasteiger partial charge in [-0.1, -0.05) is 26.5 Å². The van der Waals surface area contributed by atoms with Crippen LogP contribution in [0.15, 0.2) is 24.8 Å². The first kappa shape index (κ1) is 27.1. The van der Waals surface area contributed by atoms with Crippen molar-refractivity contribution < 1.29 is 41.0 Å². The van der Waals surface area contributed by atoms with E-state index < -0.39 is 6.10 Å². The maximum atomic E-state index is 9.28. The summed E-state index contributed by atoms with van der Waals surface area (Å²) in [5, 5.41) is 12.5. The molecule has 0 radical (unpaired) electrons. The van der Waals surface area contributed by atoms with E-state index in [1.165, 1.54) is 0 Å². The first-order valence-corrected chi connectivity index (χ1v) is 7.63. The van der Waals surface area contributed by atoms with Crippen molar-refractivity contribution in [2.45, 2.75) is 45.3 Å². The normalized spacial score (nSPS) is 12.4. The molecule has 0 aromatic heterocycles. The Hall–Kier alpha value is 0.242. The van der Waals surface area contributed by atoms with E-state index in [1.807, 2.05) is 0 Å². The minimum atomic E-state index is -0.457. The number of hydrogen-bond acceptors (Lipinski definition) is 4. The molecule has 0 aromatic rings. The van der Waals surface area contributed by atoms with E-state index >= 15 is 0 Å². The van der Waals surface area contributed by atoms with Gasteiger partial charge in [-0.05, 0) is 12.8 Å². The zero-order chi connectivity index (χ0) is 16.5. The fourth-order valence-corrected chi connectivity index (χ4v) is 1.32. The van der Waals surface area contributed by atoms with Crippen LogP contribution >= 0.6 is 0 Å². The molecular formula is C17H34N2O2U. The second-order valence-electron chi connectivity index (χ2n) is 4.88. The van der Waals surface area contributed by atoms with Gasteiger partial charge in [-0.3, -0.25) is 0 Å². The van der Waals surface area contributed by atoms with Crippen molar-refractivity contribution >= 4 is 0 Å². The van der Waals surface area contributed by atoms with Crippen molar-refractivity contribution in [1.29, 1.82) is 0 Å². The molecule has 0 aliphatic carbocycles. The molecule has 22 heavy (non-hydrogen) atoms. The molecule has 0 saturated heterocycles. The van der Waals surface area contributed by atoms with Crippen molar-refractivity contribution in [3.05, 3.63) is 38.2 Å². The van der Waals surface area contributed by atoms with Crippen LogP contribution in [0.3, 0.4) is 0 Å². The predicted molar refractivity (Wildman–Crippen MR) is 91.9 cm³/mol. The van der Waals surface area contributed by atoms with Crippen LogP contribution in [0.2, 0.25) is 0 Å². The summed E-state index contributed by atoms with van der Waals surface area (Å²) < 4.78 is 5.46. The van der Waals surface area contributed by atoms with Gasteiger partial charge >= 0.3 is 31.1 Å². The molecule has 0 amide bonds. The number of aliphatic hydroxyl groups is 1. The third-order valence-corrected chi connectivity index (χ3v) is 2.68. The van der Waals surface area contributed by atoms with Crippen LogP contribution in [0.25, 0.3) is 0 Å². The average Bonchev–Trinajstić information content (AvgIpc) is 2.46. The number of allylic oxidation sites excluding steroid dienone is 2. The van der Waals surface area contributed by atoms with Crippen LogP contribution in [0.5, 0.6) is 0 Å². The molecule has 0 aliphatic rings. The minimum absolute atomic E-state index is 0. The first-order chi connectivity index (χ1) is 10.0. The van der Waals surface area contributed by atoms with Gasteiger partial charge in [-0.2, -0.15) is 6.42 Å². The second kappa shape index (κ2) is 21.2. The zero-order valence-electron chi connectivity index (χ0n) is 14.3. The van der Waals surface area contributed by atoms with Crippen LogP contribution in [0.4, 0.5) is 0 Å². The Morgan fingerprint density at radius 1 is 1.50 bits per heavy atom. The second-order valence-corrected chi connectivity index (χ2v) is 4.88. The van der Waals surface area contributed by atoms with E-state index in [1.54, 1.807) is 6.08 Å². The van der Waals surface area contributed by atoms with Crippen LogP contribution < -0.4 is 11.1 Å². The Morgan fingerprint density at radius 3 is 2.50 bits per heavy atom. The fraction of sp³-hybridized carbons (Fsp3) is 0.647. The van der Waals surface area contributed by atoms with E-state index in [9.17, 15) is 5.11 Å². The molecule has 4 N–H and O–H groups in total. The third kappa shape index (κ3) is 22.5. The van der Waals surface area contributed by atoms with Gasteiger partial charge in [0.25, 0.3) is 0 Å². The van der Waals surface area contributed by atoms with Crippen LogP contribution in [0.1, 0.15) is 33.1 Å². The number of ether oxygens (including phenoxy) is 1. The smallest absolute Gasteiger partial charge is 0.412 e. The number of aliphatic hydroxyl groups excluding tert-OH is 1. The van der Waals surface area contributed by atoms with E-state index in [0.717, 1.165) is 24.8 Å². The molecule has 0 bridgehead atoms. The average molecular weight is 536 g/mol. The molecule has 0 fully saturated rings. The van der Waals surface area contributed by atoms with E-state index in [-0.39, 0.29) is 31.1 Å². The Morgan fingerprint density at radius 2 is 2.14 bits per heavy atom. The number of nitrogens with one attached hydrogen (secondary N) is 1. The topological polar surface area (TPSA) is 67.5 Å². The quantitative estimate of drug-likeness (QED) is 0.204. The van der Waals surface area contributed by atoms with Gasteiger partial charge in [0, 0.05) is 19.1 Å². The Labute approximate surface area is 161 Å². The molecular weight excluding hydrogens is 502 g/mol. The van der Waals surface area contributed by atoms with Gasteiger partial charge in [0.15, 0.2) is 0 Å². The fourth-order valence-electron chi connectivity index (χ4n) is 1.32. The molecule has 128 valence electrons. The molecule has 4 nitrogen and oxygen atoms in total. The zero-order valence-corrected chi connectivity index (χ0v) is 18.5. The Bertz CT molecular complexity index is 251. The number of rotatable bonds is 12. The molecule has 0 aliphatic heterocycles. The van der Waals surface area contributed by atoms with Gasteiger partial charge in [-0.15, -0.1) is 6.58 Å². The third-order valence-electron chi connectivity index (χ3n) is 2.68. The van der Waals surface area contributed by atoms with Crippen molar-refractivity contribution in [2.24, 2.45) is 5.73 Å². The van der Waals surface area contributed by atoms with Crippen molar-refractivity contribution in [1.82, 2.24) is 5.32 Å². The van der Waals surface area contributed by atoms with Crippen molar-refractivity contribution in [3.63, 3.8) is 0 Å². The number of unbranched alkanes of at least 4 members (excludes halogenated alkanes) is 1. The molecule has 5 heteroatoms. The molecule has 0 saturated carbocycles. The summed E-state index contributed by atoms with van der Waals surface area (Å²) in [4.78, 5) is 0. The van der Waals surface area contributed by atoms with Gasteiger partial charge < -0.3 is 27.3 Å². The monoisotopic (exact) mass is 536 g/mol. The predicted octanol–water partition coefficient (Wildman–Crippen LogP) is 2.26. The van der Waals surface area contributed by atoms with E-state index in [2.05, 4.69) is 45.7 Å². The molecule has 0 rings (SSSR count). The van der Waals surface area contributed by atoms with Crippen LogP contribution in [0, 0.1) is 44.5 Å². The molecule has 0 spiro atoms. The van der Waals surface area contributed by atoms with Crippen molar-refractivity contribution in [2.75, 3.05) is 26.3 Å². The SMILES string of the molecule is C=CCC(=C)[CH2-].CC[CH-]COCC(CC)NCC(O)CN.[U+2]. The molecule has 2 atom stereocenters. The Balaban J connectivity index is -0.000000439. The van der Waals surface area contributed by atoms with Crippen LogP contribution in [-0.4, -0.2) is 43.6 Å². The maximum Gasteiger partial charge on any atom is 2.00 e. The Kier molecular flexibility index (Phi) is 26.2. The van der Waals surface area contributed by atoms with Crippen LogP contribution in [-0.2, 0) is 4.74 Å². The van der Waals surface area contributed by atoms with Crippen molar-refractivity contribution in [3.8, 4) is 0 Å². The summed E-state index contributed by atoms with van der Waals surface area (Å²) in [6.07, 6.45) is 6.29. The minimum Gasteiger partial charge on any atom is -0.412 e. The molecule has 0 aromatic carbocycles. The number of hydrogen-bond donors (Lipinski definition) is 3. The standard InChI is InChI=1S/C11H25N2O2.C6H9.U/c1-3-5-6-15-9-10(4-2)13-8-11(14)7-12;1-4-5-6(2)3;/h5,10-11,13-14H,3-4,6-9,12H2,1-2H3;4H,1-3,5H2;/q2*-1;+2.